The van der Waals surface area contributed by atoms with Crippen LogP contribution >= 0.6 is 0 Å². The number of pyridine rings is 1. The van der Waals surface area contributed by atoms with Crippen LogP contribution in [0.3, 0.4) is 0 Å². The van der Waals surface area contributed by atoms with Crippen molar-refractivity contribution in [2.24, 2.45) is 0 Å². The quantitative estimate of drug-likeness (QED) is 0.466. The number of H-pyrrole nitrogens is 1. The zero-order valence-electron chi connectivity index (χ0n) is 18.9. The van der Waals surface area contributed by atoms with E-state index in [-0.39, 0.29) is 0 Å². The number of rotatable bonds is 3. The van der Waals surface area contributed by atoms with Gasteiger partial charge in [-0.2, -0.15) is 5.26 Å². The number of piperazine rings is 1. The van der Waals surface area contributed by atoms with Crippen molar-refractivity contribution in [2.45, 2.75) is 37.6 Å². The molecule has 0 atom stereocenters. The van der Waals surface area contributed by atoms with Crippen molar-refractivity contribution in [3.05, 3.63) is 72.1 Å². The van der Waals surface area contributed by atoms with Crippen molar-refractivity contribution < 1.29 is 0 Å². The molecule has 2 aliphatic rings. The summed E-state index contributed by atoms with van der Waals surface area (Å²) in [5.74, 6) is 1.72. The standard InChI is InChI=1S/C28H29N5/c29-18-20-5-10-27-25(17-20)26(19-31-27)22-6-8-23(9-7-22)32-13-15-33(16-14-32)28-24-4-2-1-3-21(24)11-12-30-28/h1-5,10-12,17,19,22-23,31H,6-9,13-16H2. The summed E-state index contributed by atoms with van der Waals surface area (Å²) in [4.78, 5) is 13.3. The molecule has 1 saturated heterocycles. The summed E-state index contributed by atoms with van der Waals surface area (Å²) in [5, 5.41) is 13.0. The molecule has 5 nitrogen and oxygen atoms in total. The summed E-state index contributed by atoms with van der Waals surface area (Å²) in [6, 6.07) is 19.6. The van der Waals surface area contributed by atoms with Crippen LogP contribution in [0.1, 0.15) is 42.7 Å². The Balaban J connectivity index is 1.10. The lowest BCUT2D eigenvalue weighted by Gasteiger charge is -2.42. The van der Waals surface area contributed by atoms with Gasteiger partial charge in [-0.25, -0.2) is 4.98 Å². The Kier molecular flexibility index (Phi) is 5.24. The minimum Gasteiger partial charge on any atom is -0.361 e. The fourth-order valence-electron chi connectivity index (χ4n) is 5.96. The Morgan fingerprint density at radius 3 is 2.55 bits per heavy atom. The minimum atomic E-state index is 0.588. The number of hydrogen-bond acceptors (Lipinski definition) is 4. The number of nitriles is 1. The summed E-state index contributed by atoms with van der Waals surface area (Å²) < 4.78 is 0. The molecule has 0 amide bonds. The van der Waals surface area contributed by atoms with Gasteiger partial charge in [0.2, 0.25) is 0 Å². The molecule has 0 radical (unpaired) electrons. The van der Waals surface area contributed by atoms with E-state index in [1.165, 1.54) is 47.4 Å². The van der Waals surface area contributed by atoms with E-state index < -0.39 is 0 Å². The topological polar surface area (TPSA) is 59.0 Å². The minimum absolute atomic E-state index is 0.588. The number of hydrogen-bond donors (Lipinski definition) is 1. The molecule has 4 aromatic rings. The van der Waals surface area contributed by atoms with Crippen molar-refractivity contribution in [1.82, 2.24) is 14.9 Å². The molecule has 3 heterocycles. The van der Waals surface area contributed by atoms with Crippen LogP contribution in [0.4, 0.5) is 5.82 Å². The van der Waals surface area contributed by atoms with Gasteiger partial charge < -0.3 is 9.88 Å². The third-order valence-corrected chi connectivity index (χ3v) is 7.76. The first-order valence-electron chi connectivity index (χ1n) is 12.1. The molecule has 33 heavy (non-hydrogen) atoms. The fourth-order valence-corrected chi connectivity index (χ4v) is 5.96. The maximum absolute atomic E-state index is 9.29. The number of benzene rings is 2. The van der Waals surface area contributed by atoms with Crippen molar-refractivity contribution in [3.63, 3.8) is 0 Å². The maximum atomic E-state index is 9.29. The summed E-state index contributed by atoms with van der Waals surface area (Å²) in [7, 11) is 0. The largest absolute Gasteiger partial charge is 0.361 e. The van der Waals surface area contributed by atoms with E-state index in [9.17, 15) is 5.26 Å². The molecule has 1 saturated carbocycles. The van der Waals surface area contributed by atoms with Gasteiger partial charge in [0.15, 0.2) is 0 Å². The normalized spacial score (nSPS) is 22.0. The molecule has 2 fully saturated rings. The average Bonchev–Trinajstić information content (AvgIpc) is 3.32. The smallest absolute Gasteiger partial charge is 0.136 e. The number of nitrogens with zero attached hydrogens (tertiary/aromatic N) is 4. The molecule has 166 valence electrons. The van der Waals surface area contributed by atoms with Gasteiger partial charge >= 0.3 is 0 Å². The van der Waals surface area contributed by atoms with Gasteiger partial charge in [-0.05, 0) is 66.8 Å². The molecule has 1 N–H and O–H groups in total. The Morgan fingerprint density at radius 2 is 1.73 bits per heavy atom. The second kappa shape index (κ2) is 8.53. The summed E-state index contributed by atoms with van der Waals surface area (Å²) in [6.45, 7) is 4.30. The highest BCUT2D eigenvalue weighted by molar-refractivity contribution is 5.92. The predicted molar refractivity (Wildman–Crippen MR) is 134 cm³/mol. The Hall–Kier alpha value is -3.36. The van der Waals surface area contributed by atoms with E-state index >= 15 is 0 Å². The highest BCUT2D eigenvalue weighted by Crippen LogP contribution is 2.38. The highest BCUT2D eigenvalue weighted by atomic mass is 15.3. The van der Waals surface area contributed by atoms with Gasteiger partial charge in [0.25, 0.3) is 0 Å². The van der Waals surface area contributed by atoms with Crippen LogP contribution in [0, 0.1) is 11.3 Å². The maximum Gasteiger partial charge on any atom is 0.136 e. The third kappa shape index (κ3) is 3.75. The van der Waals surface area contributed by atoms with Gasteiger partial charge in [0.05, 0.1) is 11.6 Å². The summed E-state index contributed by atoms with van der Waals surface area (Å²) in [5.41, 5.74) is 3.28. The molecule has 1 aliphatic heterocycles. The van der Waals surface area contributed by atoms with Crippen LogP contribution in [0.2, 0.25) is 0 Å². The molecule has 0 bridgehead atoms. The Bertz CT molecular complexity index is 1310. The van der Waals surface area contributed by atoms with Gasteiger partial charge in [-0.15, -0.1) is 0 Å². The number of anilines is 1. The SMILES string of the molecule is N#Cc1ccc2[nH]cc(C3CCC(N4CCN(c5nccc6ccccc56)CC4)CC3)c2c1. The van der Waals surface area contributed by atoms with Crippen LogP contribution < -0.4 is 4.90 Å². The van der Waals surface area contributed by atoms with Crippen LogP contribution in [0.5, 0.6) is 0 Å². The Labute approximate surface area is 194 Å². The van der Waals surface area contributed by atoms with Gasteiger partial charge in [-0.3, -0.25) is 4.90 Å². The molecule has 0 spiro atoms. The van der Waals surface area contributed by atoms with Crippen molar-refractivity contribution in [3.8, 4) is 6.07 Å². The Morgan fingerprint density at radius 1 is 0.909 bits per heavy atom. The van der Waals surface area contributed by atoms with Crippen molar-refractivity contribution in [1.29, 1.82) is 5.26 Å². The number of nitrogens with one attached hydrogen (secondary N) is 1. The first kappa shape index (κ1) is 20.3. The average molecular weight is 436 g/mol. The van der Waals surface area contributed by atoms with Gasteiger partial charge in [-0.1, -0.05) is 24.3 Å². The zero-order chi connectivity index (χ0) is 22.2. The second-order valence-electron chi connectivity index (χ2n) is 9.50. The lowest BCUT2D eigenvalue weighted by molar-refractivity contribution is 0.141. The van der Waals surface area contributed by atoms with Crippen LogP contribution in [0.15, 0.2) is 60.9 Å². The van der Waals surface area contributed by atoms with E-state index in [1.807, 2.05) is 24.4 Å². The second-order valence-corrected chi connectivity index (χ2v) is 9.50. The third-order valence-electron chi connectivity index (χ3n) is 7.76. The summed E-state index contributed by atoms with van der Waals surface area (Å²) in [6.07, 6.45) is 9.06. The molecule has 5 heteroatoms. The number of aromatic amines is 1. The first-order valence-corrected chi connectivity index (χ1v) is 12.1. The van der Waals surface area contributed by atoms with Crippen molar-refractivity contribution in [2.75, 3.05) is 31.1 Å². The molecule has 6 rings (SSSR count). The monoisotopic (exact) mass is 435 g/mol. The lowest BCUT2D eigenvalue weighted by atomic mass is 9.81. The van der Waals surface area contributed by atoms with Crippen LogP contribution in [0.25, 0.3) is 21.7 Å². The van der Waals surface area contributed by atoms with Gasteiger partial charge in [0.1, 0.15) is 5.82 Å². The fraction of sp³-hybridized carbons (Fsp3) is 0.357. The van der Waals surface area contributed by atoms with E-state index in [0.29, 0.717) is 12.0 Å². The molecule has 2 aromatic heterocycles. The van der Waals surface area contributed by atoms with Crippen LogP contribution in [-0.4, -0.2) is 47.1 Å². The molecule has 0 unspecified atom stereocenters. The number of fused-ring (bicyclic) bond motifs is 2. The molecule has 1 aliphatic carbocycles. The van der Waals surface area contributed by atoms with E-state index in [2.05, 4.69) is 57.4 Å². The number of aromatic nitrogens is 2. The summed E-state index contributed by atoms with van der Waals surface area (Å²) >= 11 is 0. The molecular weight excluding hydrogens is 406 g/mol. The van der Waals surface area contributed by atoms with Gasteiger partial charge in [0, 0.05) is 60.9 Å². The van der Waals surface area contributed by atoms with E-state index in [0.717, 1.165) is 43.1 Å². The highest BCUT2D eigenvalue weighted by Gasteiger charge is 2.30. The predicted octanol–water partition coefficient (Wildman–Crippen LogP) is 5.44. The van der Waals surface area contributed by atoms with E-state index in [1.54, 1.807) is 0 Å². The zero-order valence-corrected chi connectivity index (χ0v) is 18.9. The molecule has 2 aromatic carbocycles. The van der Waals surface area contributed by atoms with E-state index in [4.69, 9.17) is 4.98 Å². The van der Waals surface area contributed by atoms with Crippen molar-refractivity contribution >= 4 is 27.5 Å². The molecular formula is C28H29N5. The lowest BCUT2D eigenvalue weighted by Crippen LogP contribution is -2.51. The van der Waals surface area contributed by atoms with Crippen LogP contribution in [-0.2, 0) is 0 Å². The first-order chi connectivity index (χ1) is 16.3.